The van der Waals surface area contributed by atoms with Crippen LogP contribution in [0.5, 0.6) is 0 Å². The zero-order valence-corrected chi connectivity index (χ0v) is 11.1. The zero-order valence-electron chi connectivity index (χ0n) is 11.1. The molecular weight excluding hydrogens is 200 g/mol. The van der Waals surface area contributed by atoms with E-state index in [4.69, 9.17) is 10.5 Å². The Balaban J connectivity index is 2.50. The van der Waals surface area contributed by atoms with Crippen LogP contribution in [0.15, 0.2) is 0 Å². The molecule has 3 unspecified atom stereocenters. The minimum absolute atomic E-state index is 0.488. The maximum absolute atomic E-state index is 5.94. The van der Waals surface area contributed by atoms with Crippen LogP contribution in [-0.2, 0) is 4.74 Å². The van der Waals surface area contributed by atoms with Crippen LogP contribution in [0.25, 0.3) is 0 Å². The average molecular weight is 228 g/mol. The lowest BCUT2D eigenvalue weighted by Gasteiger charge is -2.39. The van der Waals surface area contributed by atoms with Crippen molar-refractivity contribution >= 4 is 0 Å². The molecule has 1 fully saturated rings. The van der Waals surface area contributed by atoms with Crippen molar-refractivity contribution in [3.05, 3.63) is 0 Å². The van der Waals surface area contributed by atoms with Crippen molar-refractivity contribution in [2.75, 3.05) is 26.8 Å². The second kappa shape index (κ2) is 7.25. The van der Waals surface area contributed by atoms with Gasteiger partial charge in [-0.15, -0.1) is 0 Å². The molecule has 1 aliphatic heterocycles. The van der Waals surface area contributed by atoms with Gasteiger partial charge in [-0.1, -0.05) is 13.3 Å². The minimum Gasteiger partial charge on any atom is -0.381 e. The first-order chi connectivity index (χ1) is 7.70. The lowest BCUT2D eigenvalue weighted by atomic mass is 9.91. The van der Waals surface area contributed by atoms with Gasteiger partial charge >= 0.3 is 0 Å². The summed E-state index contributed by atoms with van der Waals surface area (Å²) >= 11 is 0. The first-order valence-electron chi connectivity index (χ1n) is 6.70. The summed E-state index contributed by atoms with van der Waals surface area (Å²) < 4.78 is 5.57. The molecule has 3 nitrogen and oxygen atoms in total. The third-order valence-corrected chi connectivity index (χ3v) is 3.91. The van der Waals surface area contributed by atoms with Crippen LogP contribution < -0.4 is 5.73 Å². The highest BCUT2D eigenvalue weighted by Crippen LogP contribution is 2.22. The number of ether oxygens (including phenoxy) is 1. The van der Waals surface area contributed by atoms with E-state index in [1.54, 1.807) is 0 Å². The fraction of sp³-hybridized carbons (Fsp3) is 1.00. The van der Waals surface area contributed by atoms with Crippen LogP contribution in [0.4, 0.5) is 0 Å². The Labute approximate surface area is 100 Å². The summed E-state index contributed by atoms with van der Waals surface area (Å²) in [7, 11) is 2.21. The van der Waals surface area contributed by atoms with Crippen LogP contribution in [0.3, 0.4) is 0 Å². The summed E-state index contributed by atoms with van der Waals surface area (Å²) in [6, 6.07) is 1.11. The van der Waals surface area contributed by atoms with Crippen molar-refractivity contribution in [3.63, 3.8) is 0 Å². The van der Waals surface area contributed by atoms with E-state index < -0.39 is 0 Å². The van der Waals surface area contributed by atoms with Gasteiger partial charge in [-0.05, 0) is 39.2 Å². The SMILES string of the molecule is CCCC(C)N(C)C(CN)C1CCCOC1. The van der Waals surface area contributed by atoms with Crippen molar-refractivity contribution in [1.29, 1.82) is 0 Å². The highest BCUT2D eigenvalue weighted by Gasteiger charge is 2.28. The molecule has 0 spiro atoms. The molecule has 0 bridgehead atoms. The van der Waals surface area contributed by atoms with E-state index in [1.807, 2.05) is 0 Å². The Morgan fingerprint density at radius 1 is 1.50 bits per heavy atom. The molecule has 16 heavy (non-hydrogen) atoms. The molecule has 1 aliphatic rings. The Hall–Kier alpha value is -0.120. The Bertz CT molecular complexity index is 181. The summed E-state index contributed by atoms with van der Waals surface area (Å²) in [6.07, 6.45) is 4.95. The van der Waals surface area contributed by atoms with Gasteiger partial charge < -0.3 is 10.5 Å². The second-order valence-corrected chi connectivity index (χ2v) is 5.08. The number of hydrogen-bond donors (Lipinski definition) is 1. The van der Waals surface area contributed by atoms with E-state index >= 15 is 0 Å². The standard InChI is InChI=1S/C13H28N2O/c1-4-6-11(2)15(3)13(9-14)12-7-5-8-16-10-12/h11-13H,4-10,14H2,1-3H3. The van der Waals surface area contributed by atoms with E-state index in [9.17, 15) is 0 Å². The van der Waals surface area contributed by atoms with Crippen molar-refractivity contribution in [2.24, 2.45) is 11.7 Å². The van der Waals surface area contributed by atoms with Crippen LogP contribution in [0, 0.1) is 5.92 Å². The zero-order chi connectivity index (χ0) is 12.0. The molecule has 0 saturated carbocycles. The highest BCUT2D eigenvalue weighted by atomic mass is 16.5. The Kier molecular flexibility index (Phi) is 6.32. The predicted octanol–water partition coefficient (Wildman–Crippen LogP) is 1.86. The third kappa shape index (κ3) is 3.72. The van der Waals surface area contributed by atoms with Gasteiger partial charge in [0.1, 0.15) is 0 Å². The van der Waals surface area contributed by atoms with Gasteiger partial charge in [-0.2, -0.15) is 0 Å². The Morgan fingerprint density at radius 3 is 2.75 bits per heavy atom. The molecule has 1 saturated heterocycles. The smallest absolute Gasteiger partial charge is 0.0509 e. The van der Waals surface area contributed by atoms with Gasteiger partial charge in [-0.25, -0.2) is 0 Å². The molecule has 96 valence electrons. The number of rotatable bonds is 6. The largest absolute Gasteiger partial charge is 0.381 e. The number of likely N-dealkylation sites (N-methyl/N-ethyl adjacent to an activating group) is 1. The van der Waals surface area contributed by atoms with Crippen LogP contribution in [-0.4, -0.2) is 43.8 Å². The molecular formula is C13H28N2O. The van der Waals surface area contributed by atoms with Gasteiger partial charge in [0.05, 0.1) is 6.61 Å². The van der Waals surface area contributed by atoms with Crippen LogP contribution in [0.2, 0.25) is 0 Å². The third-order valence-electron chi connectivity index (χ3n) is 3.91. The van der Waals surface area contributed by atoms with Gasteiger partial charge in [0.25, 0.3) is 0 Å². The first-order valence-corrected chi connectivity index (χ1v) is 6.70. The fourth-order valence-electron chi connectivity index (χ4n) is 2.71. The van der Waals surface area contributed by atoms with Crippen molar-refractivity contribution < 1.29 is 4.74 Å². The minimum atomic E-state index is 0.488. The normalized spacial score (nSPS) is 25.7. The molecule has 3 heteroatoms. The summed E-state index contributed by atoms with van der Waals surface area (Å²) in [5.74, 6) is 0.628. The molecule has 3 atom stereocenters. The maximum atomic E-state index is 5.94. The first kappa shape index (κ1) is 13.9. The van der Waals surface area contributed by atoms with Crippen molar-refractivity contribution in [3.8, 4) is 0 Å². The van der Waals surface area contributed by atoms with Crippen LogP contribution in [0.1, 0.15) is 39.5 Å². The molecule has 0 aromatic carbocycles. The monoisotopic (exact) mass is 228 g/mol. The number of nitrogens with two attached hydrogens (primary N) is 1. The van der Waals surface area contributed by atoms with Crippen molar-refractivity contribution in [2.45, 2.75) is 51.6 Å². The molecule has 2 N–H and O–H groups in total. The highest BCUT2D eigenvalue weighted by molar-refractivity contribution is 4.82. The summed E-state index contributed by atoms with van der Waals surface area (Å²) in [6.45, 7) is 7.12. The van der Waals surface area contributed by atoms with Crippen molar-refractivity contribution in [1.82, 2.24) is 4.90 Å². The molecule has 0 aromatic rings. The molecule has 0 aliphatic carbocycles. The van der Waals surface area contributed by atoms with Crippen LogP contribution >= 0.6 is 0 Å². The van der Waals surface area contributed by atoms with Gasteiger partial charge in [0, 0.05) is 25.2 Å². The molecule has 0 radical (unpaired) electrons. The van der Waals surface area contributed by atoms with E-state index in [0.29, 0.717) is 18.0 Å². The van der Waals surface area contributed by atoms with E-state index in [-0.39, 0.29) is 0 Å². The predicted molar refractivity (Wildman–Crippen MR) is 68.5 cm³/mol. The van der Waals surface area contributed by atoms with Gasteiger partial charge in [-0.3, -0.25) is 4.90 Å². The van der Waals surface area contributed by atoms with E-state index in [2.05, 4.69) is 25.8 Å². The Morgan fingerprint density at radius 2 is 2.25 bits per heavy atom. The summed E-state index contributed by atoms with van der Waals surface area (Å²) in [5, 5.41) is 0. The molecule has 0 amide bonds. The average Bonchev–Trinajstić information content (AvgIpc) is 2.31. The quantitative estimate of drug-likeness (QED) is 0.754. The maximum Gasteiger partial charge on any atom is 0.0509 e. The summed E-state index contributed by atoms with van der Waals surface area (Å²) in [5.41, 5.74) is 5.94. The summed E-state index contributed by atoms with van der Waals surface area (Å²) in [4.78, 5) is 2.46. The number of hydrogen-bond acceptors (Lipinski definition) is 3. The second-order valence-electron chi connectivity index (χ2n) is 5.08. The van der Waals surface area contributed by atoms with Gasteiger partial charge in [0.2, 0.25) is 0 Å². The number of nitrogens with zero attached hydrogens (tertiary/aromatic N) is 1. The molecule has 1 heterocycles. The fourth-order valence-corrected chi connectivity index (χ4v) is 2.71. The molecule has 0 aromatic heterocycles. The van der Waals surface area contributed by atoms with Gasteiger partial charge in [0.15, 0.2) is 0 Å². The lowest BCUT2D eigenvalue weighted by Crippen LogP contribution is -2.49. The molecule has 1 rings (SSSR count). The topological polar surface area (TPSA) is 38.5 Å². The lowest BCUT2D eigenvalue weighted by molar-refractivity contribution is 0.00823. The van der Waals surface area contributed by atoms with E-state index in [1.165, 1.54) is 25.7 Å². The van der Waals surface area contributed by atoms with E-state index in [0.717, 1.165) is 19.8 Å².